The second kappa shape index (κ2) is 4.59. The fourth-order valence-electron chi connectivity index (χ4n) is 2.47. The third kappa shape index (κ3) is 1.74. The van der Waals surface area contributed by atoms with Crippen molar-refractivity contribution >= 4 is 23.1 Å². The van der Waals surface area contributed by atoms with Crippen molar-refractivity contribution in [2.75, 3.05) is 16.8 Å². The first-order chi connectivity index (χ1) is 9.61. The predicted molar refractivity (Wildman–Crippen MR) is 76.1 cm³/mol. The standard InChI is InChI=1S/C15H14FN3O/c1-10(16)19-13-8-4-3-7-12(13)18(2)15(20)11-6-5-9-17-14(11)19/h3-10H,1-2H3. The van der Waals surface area contributed by atoms with Gasteiger partial charge in [-0.15, -0.1) is 0 Å². The number of anilines is 3. The van der Waals surface area contributed by atoms with Crippen molar-refractivity contribution in [2.45, 2.75) is 13.2 Å². The van der Waals surface area contributed by atoms with Crippen molar-refractivity contribution in [1.82, 2.24) is 4.98 Å². The number of carbonyl (C=O) groups is 1. The molecule has 3 rings (SSSR count). The number of carbonyl (C=O) groups excluding carboxylic acids is 1. The average molecular weight is 271 g/mol. The molecular formula is C15H14FN3O. The molecule has 5 heteroatoms. The van der Waals surface area contributed by atoms with Gasteiger partial charge in [0.1, 0.15) is 5.82 Å². The predicted octanol–water partition coefficient (Wildman–Crippen LogP) is 3.13. The molecule has 4 nitrogen and oxygen atoms in total. The number of hydrogen-bond acceptors (Lipinski definition) is 3. The van der Waals surface area contributed by atoms with Crippen LogP contribution in [0.4, 0.5) is 21.6 Å². The first-order valence-corrected chi connectivity index (χ1v) is 6.36. The molecule has 1 aromatic heterocycles. The van der Waals surface area contributed by atoms with Crippen molar-refractivity contribution < 1.29 is 9.18 Å². The summed E-state index contributed by atoms with van der Waals surface area (Å²) in [5.74, 6) is 0.160. The van der Waals surface area contributed by atoms with Crippen LogP contribution in [-0.4, -0.2) is 24.2 Å². The Hall–Kier alpha value is -2.43. The lowest BCUT2D eigenvalue weighted by Gasteiger charge is -2.26. The Labute approximate surface area is 116 Å². The fraction of sp³-hybridized carbons (Fsp3) is 0.200. The van der Waals surface area contributed by atoms with Crippen LogP contribution < -0.4 is 9.80 Å². The summed E-state index contributed by atoms with van der Waals surface area (Å²) in [4.78, 5) is 19.7. The molecular weight excluding hydrogens is 257 g/mol. The van der Waals surface area contributed by atoms with Gasteiger partial charge in [-0.25, -0.2) is 9.37 Å². The smallest absolute Gasteiger partial charge is 0.261 e. The van der Waals surface area contributed by atoms with Gasteiger partial charge in [-0.05, 0) is 31.2 Å². The highest BCUT2D eigenvalue weighted by molar-refractivity contribution is 6.13. The largest absolute Gasteiger partial charge is 0.309 e. The Morgan fingerprint density at radius 1 is 1.15 bits per heavy atom. The molecule has 0 fully saturated rings. The van der Waals surface area contributed by atoms with Gasteiger partial charge in [-0.2, -0.15) is 0 Å². The van der Waals surface area contributed by atoms with Gasteiger partial charge in [0.05, 0.1) is 16.9 Å². The summed E-state index contributed by atoms with van der Waals surface area (Å²) in [6.45, 7) is 1.44. The van der Waals surface area contributed by atoms with E-state index in [0.717, 1.165) is 0 Å². The number of benzene rings is 1. The molecule has 1 unspecified atom stereocenters. The maximum atomic E-state index is 14.1. The minimum atomic E-state index is -1.29. The number of nitrogens with zero attached hydrogens (tertiary/aromatic N) is 3. The Morgan fingerprint density at radius 2 is 1.85 bits per heavy atom. The van der Waals surface area contributed by atoms with Crippen molar-refractivity contribution in [3.05, 3.63) is 48.2 Å². The van der Waals surface area contributed by atoms with E-state index < -0.39 is 6.30 Å². The molecule has 102 valence electrons. The van der Waals surface area contributed by atoms with Gasteiger partial charge in [-0.1, -0.05) is 12.1 Å². The number of pyridine rings is 1. The van der Waals surface area contributed by atoms with Crippen LogP contribution in [0.5, 0.6) is 0 Å². The molecule has 20 heavy (non-hydrogen) atoms. The Kier molecular flexibility index (Phi) is 2.89. The molecule has 0 spiro atoms. The number of aromatic nitrogens is 1. The summed E-state index contributed by atoms with van der Waals surface area (Å²) in [6.07, 6.45) is 0.277. The highest BCUT2D eigenvalue weighted by Crippen LogP contribution is 2.40. The lowest BCUT2D eigenvalue weighted by molar-refractivity contribution is 0.0994. The lowest BCUT2D eigenvalue weighted by Crippen LogP contribution is -2.26. The van der Waals surface area contributed by atoms with Crippen LogP contribution in [0, 0.1) is 0 Å². The van der Waals surface area contributed by atoms with Crippen LogP contribution in [0.15, 0.2) is 42.6 Å². The first kappa shape index (κ1) is 12.6. The van der Waals surface area contributed by atoms with E-state index in [2.05, 4.69) is 4.98 Å². The van der Waals surface area contributed by atoms with E-state index in [1.165, 1.54) is 16.7 Å². The zero-order chi connectivity index (χ0) is 14.3. The molecule has 0 aliphatic carbocycles. The normalized spacial score (nSPS) is 15.4. The fourth-order valence-corrected chi connectivity index (χ4v) is 2.47. The number of para-hydroxylation sites is 2. The maximum Gasteiger partial charge on any atom is 0.261 e. The molecule has 0 saturated carbocycles. The number of amides is 1. The van der Waals surface area contributed by atoms with Crippen LogP contribution in [0.3, 0.4) is 0 Å². The van der Waals surface area contributed by atoms with Gasteiger partial charge in [0.25, 0.3) is 5.91 Å². The molecule has 1 atom stereocenters. The molecule has 1 aromatic carbocycles. The molecule has 0 saturated heterocycles. The zero-order valence-corrected chi connectivity index (χ0v) is 11.2. The summed E-state index contributed by atoms with van der Waals surface area (Å²) in [6, 6.07) is 10.6. The van der Waals surface area contributed by atoms with Crippen LogP contribution in [-0.2, 0) is 0 Å². The number of halogens is 1. The zero-order valence-electron chi connectivity index (χ0n) is 11.2. The van der Waals surface area contributed by atoms with E-state index >= 15 is 0 Å². The molecule has 0 bridgehead atoms. The summed E-state index contributed by atoms with van der Waals surface area (Å²) in [7, 11) is 1.68. The van der Waals surface area contributed by atoms with Gasteiger partial charge in [0, 0.05) is 13.2 Å². The van der Waals surface area contributed by atoms with Gasteiger partial charge in [-0.3, -0.25) is 9.69 Å². The van der Waals surface area contributed by atoms with E-state index in [1.807, 2.05) is 12.1 Å². The maximum absolute atomic E-state index is 14.1. The quantitative estimate of drug-likeness (QED) is 0.748. The van der Waals surface area contributed by atoms with E-state index in [4.69, 9.17) is 0 Å². The Morgan fingerprint density at radius 3 is 2.55 bits per heavy atom. The summed E-state index contributed by atoms with van der Waals surface area (Å²) >= 11 is 0. The number of hydrogen-bond donors (Lipinski definition) is 0. The van der Waals surface area contributed by atoms with Crippen LogP contribution >= 0.6 is 0 Å². The molecule has 1 amide bonds. The van der Waals surface area contributed by atoms with Crippen LogP contribution in [0.2, 0.25) is 0 Å². The molecule has 1 aliphatic rings. The molecule has 2 heterocycles. The van der Waals surface area contributed by atoms with Crippen molar-refractivity contribution in [1.29, 1.82) is 0 Å². The summed E-state index contributed by atoms with van der Waals surface area (Å²) in [5.41, 5.74) is 1.70. The van der Waals surface area contributed by atoms with Crippen molar-refractivity contribution in [2.24, 2.45) is 0 Å². The second-order valence-corrected chi connectivity index (χ2v) is 4.67. The van der Waals surface area contributed by atoms with E-state index in [-0.39, 0.29) is 5.91 Å². The lowest BCUT2D eigenvalue weighted by atomic mass is 10.2. The summed E-state index contributed by atoms with van der Waals surface area (Å²) in [5, 5.41) is 0. The van der Waals surface area contributed by atoms with Crippen molar-refractivity contribution in [3.8, 4) is 0 Å². The topological polar surface area (TPSA) is 36.4 Å². The van der Waals surface area contributed by atoms with Crippen molar-refractivity contribution in [3.63, 3.8) is 0 Å². The third-order valence-corrected chi connectivity index (χ3v) is 3.41. The number of alkyl halides is 1. The highest BCUT2D eigenvalue weighted by atomic mass is 19.1. The minimum absolute atomic E-state index is 0.191. The number of rotatable bonds is 1. The minimum Gasteiger partial charge on any atom is -0.309 e. The highest BCUT2D eigenvalue weighted by Gasteiger charge is 2.31. The van der Waals surface area contributed by atoms with Crippen LogP contribution in [0.25, 0.3) is 0 Å². The molecule has 2 aromatic rings. The van der Waals surface area contributed by atoms with Gasteiger partial charge in [0.2, 0.25) is 0 Å². The van der Waals surface area contributed by atoms with Gasteiger partial charge >= 0.3 is 0 Å². The van der Waals surface area contributed by atoms with E-state index in [0.29, 0.717) is 22.8 Å². The van der Waals surface area contributed by atoms with Gasteiger partial charge < -0.3 is 4.90 Å². The first-order valence-electron chi connectivity index (χ1n) is 6.36. The summed E-state index contributed by atoms with van der Waals surface area (Å²) < 4.78 is 14.1. The van der Waals surface area contributed by atoms with Gasteiger partial charge in [0.15, 0.2) is 6.30 Å². The average Bonchev–Trinajstić information content (AvgIpc) is 2.55. The number of fused-ring (bicyclic) bond motifs is 2. The van der Waals surface area contributed by atoms with E-state index in [9.17, 15) is 9.18 Å². The third-order valence-electron chi connectivity index (χ3n) is 3.41. The van der Waals surface area contributed by atoms with Crippen LogP contribution in [0.1, 0.15) is 17.3 Å². The second-order valence-electron chi connectivity index (χ2n) is 4.67. The Balaban J connectivity index is 2.34. The van der Waals surface area contributed by atoms with E-state index in [1.54, 1.807) is 37.5 Å². The molecule has 0 radical (unpaired) electrons. The monoisotopic (exact) mass is 271 g/mol. The SMILES string of the molecule is CC(F)N1c2ccccc2N(C)C(=O)c2cccnc21. The Bertz CT molecular complexity index is 672. The molecule has 0 N–H and O–H groups in total. The molecule has 1 aliphatic heterocycles.